The molecule has 6 nitrogen and oxygen atoms in total. The molecule has 0 bridgehead atoms. The highest BCUT2D eigenvalue weighted by molar-refractivity contribution is 5.79. The van der Waals surface area contributed by atoms with Crippen molar-refractivity contribution < 1.29 is 18.7 Å². The van der Waals surface area contributed by atoms with Crippen LogP contribution in [-0.2, 0) is 9.53 Å². The maximum atomic E-state index is 13.2. The Morgan fingerprint density at radius 2 is 1.90 bits per heavy atom. The second-order valence-corrected chi connectivity index (χ2v) is 7.69. The summed E-state index contributed by atoms with van der Waals surface area (Å²) in [7, 11) is 0. The summed E-state index contributed by atoms with van der Waals surface area (Å²) in [6, 6.07) is 7.43. The second-order valence-electron chi connectivity index (χ2n) is 7.69. The molecule has 0 aliphatic carbocycles. The van der Waals surface area contributed by atoms with Crippen LogP contribution in [0.15, 0.2) is 30.3 Å². The molecule has 2 aliphatic rings. The van der Waals surface area contributed by atoms with Gasteiger partial charge in [0.1, 0.15) is 11.6 Å². The van der Waals surface area contributed by atoms with Gasteiger partial charge in [0.2, 0.25) is 11.8 Å². The van der Waals surface area contributed by atoms with Crippen LogP contribution >= 0.6 is 0 Å². The first kappa shape index (κ1) is 19.8. The Kier molecular flexibility index (Phi) is 6.04. The van der Waals surface area contributed by atoms with Gasteiger partial charge in [-0.2, -0.15) is 4.98 Å². The Bertz CT molecular complexity index is 853. The number of halogens is 1. The standard InChI is InChI=1S/C22H26FN3O3/c1-15-14-20(29-18-7-5-17(23)6-8-18)25-21(24-15)19-4-2-3-11-26(19)22(27)16-9-12-28-13-10-16/h5-8,14,16,19H,2-4,9-13H2,1H3. The molecule has 7 heteroatoms. The van der Waals surface area contributed by atoms with Crippen LogP contribution in [0.3, 0.4) is 0 Å². The van der Waals surface area contributed by atoms with Crippen LogP contribution in [0.5, 0.6) is 11.6 Å². The van der Waals surface area contributed by atoms with E-state index < -0.39 is 0 Å². The van der Waals surface area contributed by atoms with E-state index in [-0.39, 0.29) is 23.7 Å². The van der Waals surface area contributed by atoms with Crippen molar-refractivity contribution in [2.75, 3.05) is 19.8 Å². The summed E-state index contributed by atoms with van der Waals surface area (Å²) < 4.78 is 24.4. The quantitative estimate of drug-likeness (QED) is 0.771. The van der Waals surface area contributed by atoms with Gasteiger partial charge in [-0.25, -0.2) is 9.37 Å². The van der Waals surface area contributed by atoms with Crippen LogP contribution in [0.4, 0.5) is 4.39 Å². The lowest BCUT2D eigenvalue weighted by atomic mass is 9.94. The minimum atomic E-state index is -0.318. The molecule has 1 amide bonds. The Labute approximate surface area is 170 Å². The van der Waals surface area contributed by atoms with Gasteiger partial charge < -0.3 is 14.4 Å². The number of hydrogen-bond acceptors (Lipinski definition) is 5. The number of ether oxygens (including phenoxy) is 2. The lowest BCUT2D eigenvalue weighted by Crippen LogP contribution is -2.43. The van der Waals surface area contributed by atoms with Crippen molar-refractivity contribution >= 4 is 5.91 Å². The highest BCUT2D eigenvalue weighted by atomic mass is 19.1. The van der Waals surface area contributed by atoms with Gasteiger partial charge in [0.25, 0.3) is 0 Å². The van der Waals surface area contributed by atoms with Crippen molar-refractivity contribution in [3.8, 4) is 11.6 Å². The number of aromatic nitrogens is 2. The molecule has 2 aliphatic heterocycles. The van der Waals surface area contributed by atoms with E-state index in [9.17, 15) is 9.18 Å². The average molecular weight is 399 g/mol. The Morgan fingerprint density at radius 3 is 2.66 bits per heavy atom. The zero-order valence-corrected chi connectivity index (χ0v) is 16.6. The Morgan fingerprint density at radius 1 is 1.14 bits per heavy atom. The van der Waals surface area contributed by atoms with Gasteiger partial charge >= 0.3 is 0 Å². The Hall–Kier alpha value is -2.54. The van der Waals surface area contributed by atoms with E-state index in [4.69, 9.17) is 9.47 Å². The van der Waals surface area contributed by atoms with Crippen LogP contribution < -0.4 is 4.74 Å². The first-order valence-electron chi connectivity index (χ1n) is 10.3. The van der Waals surface area contributed by atoms with E-state index in [1.807, 2.05) is 11.8 Å². The molecule has 1 aromatic carbocycles. The molecule has 2 saturated heterocycles. The highest BCUT2D eigenvalue weighted by Crippen LogP contribution is 2.33. The van der Waals surface area contributed by atoms with Crippen molar-refractivity contribution in [1.82, 2.24) is 14.9 Å². The smallest absolute Gasteiger partial charge is 0.226 e. The maximum absolute atomic E-state index is 13.2. The van der Waals surface area contributed by atoms with Gasteiger partial charge in [-0.1, -0.05) is 0 Å². The lowest BCUT2D eigenvalue weighted by Gasteiger charge is -2.37. The van der Waals surface area contributed by atoms with Crippen molar-refractivity contribution in [3.63, 3.8) is 0 Å². The lowest BCUT2D eigenvalue weighted by molar-refractivity contribution is -0.142. The fraction of sp³-hybridized carbons (Fsp3) is 0.500. The predicted molar refractivity (Wildman–Crippen MR) is 105 cm³/mol. The zero-order chi connectivity index (χ0) is 20.2. The van der Waals surface area contributed by atoms with Crippen molar-refractivity contribution in [2.45, 2.75) is 45.1 Å². The number of carbonyl (C=O) groups excluding carboxylic acids is 1. The monoisotopic (exact) mass is 399 g/mol. The number of piperidine rings is 1. The van der Waals surface area contributed by atoms with Crippen molar-refractivity contribution in [2.24, 2.45) is 5.92 Å². The zero-order valence-electron chi connectivity index (χ0n) is 16.6. The minimum absolute atomic E-state index is 0.0177. The number of hydrogen-bond donors (Lipinski definition) is 0. The van der Waals surface area contributed by atoms with Gasteiger partial charge in [0.15, 0.2) is 5.82 Å². The molecule has 29 heavy (non-hydrogen) atoms. The number of rotatable bonds is 4. The molecule has 0 saturated carbocycles. The molecule has 0 N–H and O–H groups in total. The fourth-order valence-corrected chi connectivity index (χ4v) is 4.03. The third kappa shape index (κ3) is 4.72. The SMILES string of the molecule is Cc1cc(Oc2ccc(F)cc2)nc(C2CCCCN2C(=O)C2CCOCC2)n1. The molecule has 154 valence electrons. The number of likely N-dealkylation sites (tertiary alicyclic amines) is 1. The summed E-state index contributed by atoms with van der Waals surface area (Å²) in [5.41, 5.74) is 0.774. The molecule has 2 aromatic rings. The number of carbonyl (C=O) groups is 1. The van der Waals surface area contributed by atoms with E-state index in [0.29, 0.717) is 30.7 Å². The van der Waals surface area contributed by atoms with Crippen molar-refractivity contribution in [3.05, 3.63) is 47.7 Å². The van der Waals surface area contributed by atoms with Gasteiger partial charge in [-0.05, 0) is 63.3 Å². The maximum Gasteiger partial charge on any atom is 0.226 e. The molecular weight excluding hydrogens is 373 g/mol. The van der Waals surface area contributed by atoms with E-state index >= 15 is 0 Å². The van der Waals surface area contributed by atoms with Crippen LogP contribution in [0.25, 0.3) is 0 Å². The van der Waals surface area contributed by atoms with E-state index in [1.54, 1.807) is 18.2 Å². The normalized spacial score (nSPS) is 20.5. The first-order chi connectivity index (χ1) is 14.1. The molecule has 1 atom stereocenters. The van der Waals surface area contributed by atoms with Gasteiger partial charge in [-0.15, -0.1) is 0 Å². The van der Waals surface area contributed by atoms with Gasteiger partial charge in [0.05, 0.1) is 6.04 Å². The largest absolute Gasteiger partial charge is 0.439 e. The van der Waals surface area contributed by atoms with Crippen LogP contribution in [-0.4, -0.2) is 40.5 Å². The average Bonchev–Trinajstić information content (AvgIpc) is 2.75. The predicted octanol–water partition coefficient (Wildman–Crippen LogP) is 4.20. The van der Waals surface area contributed by atoms with Crippen LogP contribution in [0.1, 0.15) is 49.7 Å². The summed E-state index contributed by atoms with van der Waals surface area (Å²) in [4.78, 5) is 24.4. The molecular formula is C22H26FN3O3. The molecule has 2 fully saturated rings. The molecule has 1 unspecified atom stereocenters. The first-order valence-corrected chi connectivity index (χ1v) is 10.3. The fourth-order valence-electron chi connectivity index (χ4n) is 4.03. The number of benzene rings is 1. The van der Waals surface area contributed by atoms with E-state index in [2.05, 4.69) is 9.97 Å². The number of amides is 1. The van der Waals surface area contributed by atoms with Crippen LogP contribution in [0.2, 0.25) is 0 Å². The Balaban J connectivity index is 1.56. The summed E-state index contributed by atoms with van der Waals surface area (Å²) in [6.45, 7) is 3.90. The van der Waals surface area contributed by atoms with Crippen molar-refractivity contribution in [1.29, 1.82) is 0 Å². The third-order valence-corrected chi connectivity index (χ3v) is 5.54. The highest BCUT2D eigenvalue weighted by Gasteiger charge is 2.34. The number of nitrogens with zero attached hydrogens (tertiary/aromatic N) is 3. The van der Waals surface area contributed by atoms with Gasteiger partial charge in [0, 0.05) is 37.4 Å². The van der Waals surface area contributed by atoms with E-state index in [1.165, 1.54) is 12.1 Å². The topological polar surface area (TPSA) is 64.5 Å². The third-order valence-electron chi connectivity index (χ3n) is 5.54. The summed E-state index contributed by atoms with van der Waals surface area (Å²) >= 11 is 0. The molecule has 0 radical (unpaired) electrons. The van der Waals surface area contributed by atoms with Gasteiger partial charge in [-0.3, -0.25) is 4.79 Å². The summed E-state index contributed by atoms with van der Waals surface area (Å²) in [6.07, 6.45) is 4.42. The molecule has 0 spiro atoms. The minimum Gasteiger partial charge on any atom is -0.439 e. The van der Waals surface area contributed by atoms with Crippen LogP contribution in [0, 0.1) is 18.7 Å². The molecule has 1 aromatic heterocycles. The summed E-state index contributed by atoms with van der Waals surface area (Å²) in [5, 5.41) is 0. The second kappa shape index (κ2) is 8.86. The number of aryl methyl sites for hydroxylation is 1. The molecule has 4 rings (SSSR count). The molecule has 3 heterocycles. The summed E-state index contributed by atoms with van der Waals surface area (Å²) in [5.74, 6) is 1.41. The van der Waals surface area contributed by atoms with E-state index in [0.717, 1.165) is 44.3 Å².